The number of benzene rings is 2. The van der Waals surface area contributed by atoms with Crippen LogP contribution in [0.4, 0.5) is 4.39 Å². The molecule has 2 nitrogen and oxygen atoms in total. The first-order chi connectivity index (χ1) is 9.20. The molecular formula is C16H18FNO. The first-order valence-electron chi connectivity index (χ1n) is 6.38. The number of nitrogens with one attached hydrogen (secondary N) is 1. The summed E-state index contributed by atoms with van der Waals surface area (Å²) in [5, 5.41) is 12.8. The molecule has 0 heterocycles. The number of hydrogen-bond donors (Lipinski definition) is 2. The minimum absolute atomic E-state index is 0.0234. The maximum atomic E-state index is 12.9. The quantitative estimate of drug-likeness (QED) is 0.864. The molecule has 0 aliphatic heterocycles. The molecule has 0 fully saturated rings. The number of aliphatic hydroxyl groups excluding tert-OH is 1. The fourth-order valence-electron chi connectivity index (χ4n) is 2.09. The zero-order chi connectivity index (χ0) is 13.7. The molecule has 2 N–H and O–H groups in total. The molecule has 100 valence electrons. The Labute approximate surface area is 112 Å². The van der Waals surface area contributed by atoms with Crippen molar-refractivity contribution in [3.63, 3.8) is 0 Å². The topological polar surface area (TPSA) is 32.3 Å². The zero-order valence-electron chi connectivity index (χ0n) is 10.9. The third kappa shape index (κ3) is 3.63. The number of aliphatic hydroxyl groups is 1. The van der Waals surface area contributed by atoms with Crippen LogP contribution in [0.5, 0.6) is 0 Å². The van der Waals surface area contributed by atoms with Crippen LogP contribution in [0.25, 0.3) is 0 Å². The normalized spacial score (nSPS) is 14.1. The maximum absolute atomic E-state index is 12.9. The lowest BCUT2D eigenvalue weighted by atomic mass is 10.0. The van der Waals surface area contributed by atoms with Crippen molar-refractivity contribution in [3.05, 3.63) is 71.5 Å². The van der Waals surface area contributed by atoms with Crippen LogP contribution in [0.1, 0.15) is 30.1 Å². The van der Waals surface area contributed by atoms with Gasteiger partial charge in [-0.3, -0.25) is 0 Å². The molecule has 0 aliphatic rings. The van der Waals surface area contributed by atoms with Gasteiger partial charge in [-0.25, -0.2) is 4.39 Å². The molecule has 0 bridgehead atoms. The van der Waals surface area contributed by atoms with Crippen molar-refractivity contribution in [1.29, 1.82) is 0 Å². The third-order valence-corrected chi connectivity index (χ3v) is 3.21. The average Bonchev–Trinajstić information content (AvgIpc) is 2.46. The van der Waals surface area contributed by atoms with Crippen molar-refractivity contribution < 1.29 is 9.50 Å². The van der Waals surface area contributed by atoms with Gasteiger partial charge >= 0.3 is 0 Å². The van der Waals surface area contributed by atoms with Crippen LogP contribution in [0.15, 0.2) is 54.6 Å². The predicted octanol–water partition coefficient (Wildman–Crippen LogP) is 3.21. The van der Waals surface area contributed by atoms with Gasteiger partial charge in [-0.2, -0.15) is 0 Å². The van der Waals surface area contributed by atoms with E-state index in [4.69, 9.17) is 0 Å². The van der Waals surface area contributed by atoms with E-state index in [1.165, 1.54) is 12.1 Å². The maximum Gasteiger partial charge on any atom is 0.123 e. The van der Waals surface area contributed by atoms with E-state index in [2.05, 4.69) is 5.32 Å². The van der Waals surface area contributed by atoms with Gasteiger partial charge < -0.3 is 10.4 Å². The van der Waals surface area contributed by atoms with E-state index in [9.17, 15) is 9.50 Å². The van der Waals surface area contributed by atoms with E-state index in [0.29, 0.717) is 0 Å². The monoisotopic (exact) mass is 259 g/mol. The van der Waals surface area contributed by atoms with Crippen molar-refractivity contribution in [3.8, 4) is 0 Å². The molecule has 3 heteroatoms. The Morgan fingerprint density at radius 2 is 1.63 bits per heavy atom. The third-order valence-electron chi connectivity index (χ3n) is 3.21. The minimum atomic E-state index is -0.238. The Balaban J connectivity index is 2.08. The molecule has 2 aromatic rings. The fourth-order valence-corrected chi connectivity index (χ4v) is 2.09. The Morgan fingerprint density at radius 1 is 1.00 bits per heavy atom. The second-order valence-electron chi connectivity index (χ2n) is 4.59. The van der Waals surface area contributed by atoms with Crippen LogP contribution in [-0.4, -0.2) is 11.7 Å². The minimum Gasteiger partial charge on any atom is -0.394 e. The summed E-state index contributed by atoms with van der Waals surface area (Å²) >= 11 is 0. The second kappa shape index (κ2) is 6.45. The summed E-state index contributed by atoms with van der Waals surface area (Å²) in [5.74, 6) is -0.238. The molecule has 1 unspecified atom stereocenters. The van der Waals surface area contributed by atoms with Gasteiger partial charge in [-0.05, 0) is 30.2 Å². The lowest BCUT2D eigenvalue weighted by Gasteiger charge is -2.22. The van der Waals surface area contributed by atoms with Gasteiger partial charge in [0, 0.05) is 6.04 Å². The van der Waals surface area contributed by atoms with Crippen LogP contribution in [0, 0.1) is 5.82 Å². The van der Waals surface area contributed by atoms with Gasteiger partial charge in [-0.1, -0.05) is 42.5 Å². The van der Waals surface area contributed by atoms with Gasteiger partial charge in [0.15, 0.2) is 0 Å². The summed E-state index contributed by atoms with van der Waals surface area (Å²) < 4.78 is 12.9. The highest BCUT2D eigenvalue weighted by atomic mass is 19.1. The van der Waals surface area contributed by atoms with E-state index >= 15 is 0 Å². The molecule has 0 saturated heterocycles. The van der Waals surface area contributed by atoms with Gasteiger partial charge in [-0.15, -0.1) is 0 Å². The Hall–Kier alpha value is -1.71. The van der Waals surface area contributed by atoms with E-state index in [0.717, 1.165) is 11.1 Å². The summed E-state index contributed by atoms with van der Waals surface area (Å²) in [7, 11) is 0. The molecule has 2 rings (SSSR count). The molecule has 0 spiro atoms. The highest BCUT2D eigenvalue weighted by Gasteiger charge is 2.14. The Bertz CT molecular complexity index is 498. The summed E-state index contributed by atoms with van der Waals surface area (Å²) in [6.07, 6.45) is 0. The highest BCUT2D eigenvalue weighted by Crippen LogP contribution is 2.19. The molecule has 0 aliphatic carbocycles. The van der Waals surface area contributed by atoms with Crippen molar-refractivity contribution in [1.82, 2.24) is 5.32 Å². The zero-order valence-corrected chi connectivity index (χ0v) is 10.9. The predicted molar refractivity (Wildman–Crippen MR) is 74.2 cm³/mol. The summed E-state index contributed by atoms with van der Waals surface area (Å²) in [6.45, 7) is 2.02. The van der Waals surface area contributed by atoms with Crippen LogP contribution < -0.4 is 5.32 Å². The molecule has 19 heavy (non-hydrogen) atoms. The van der Waals surface area contributed by atoms with Crippen molar-refractivity contribution in [2.45, 2.75) is 19.0 Å². The first-order valence-corrected chi connectivity index (χ1v) is 6.38. The Kier molecular flexibility index (Phi) is 4.66. The van der Waals surface area contributed by atoms with Gasteiger partial charge in [0.2, 0.25) is 0 Å². The molecule has 2 aromatic carbocycles. The van der Waals surface area contributed by atoms with Crippen LogP contribution in [0.2, 0.25) is 0 Å². The standard InChI is InChI=1S/C16H18FNO/c1-12(13-7-9-15(17)10-8-13)18-16(11-19)14-5-3-2-4-6-14/h2-10,12,16,18-19H,11H2,1H3/t12?,16-/m1/s1. The van der Waals surface area contributed by atoms with Gasteiger partial charge in [0.25, 0.3) is 0 Å². The molecule has 0 saturated carbocycles. The lowest BCUT2D eigenvalue weighted by molar-refractivity contribution is 0.235. The SMILES string of the molecule is CC(N[C@H](CO)c1ccccc1)c1ccc(F)cc1. The summed E-state index contributed by atoms with van der Waals surface area (Å²) in [5.41, 5.74) is 2.04. The molecule has 2 atom stereocenters. The smallest absolute Gasteiger partial charge is 0.123 e. The van der Waals surface area contributed by atoms with Crippen molar-refractivity contribution in [2.24, 2.45) is 0 Å². The summed E-state index contributed by atoms with van der Waals surface area (Å²) in [4.78, 5) is 0. The largest absolute Gasteiger partial charge is 0.394 e. The molecule has 0 radical (unpaired) electrons. The van der Waals surface area contributed by atoms with Crippen LogP contribution in [0.3, 0.4) is 0 Å². The highest BCUT2D eigenvalue weighted by molar-refractivity contribution is 5.22. The van der Waals surface area contributed by atoms with Crippen molar-refractivity contribution >= 4 is 0 Å². The molecular weight excluding hydrogens is 241 g/mol. The average molecular weight is 259 g/mol. The number of hydrogen-bond acceptors (Lipinski definition) is 2. The van der Waals surface area contributed by atoms with Crippen LogP contribution in [-0.2, 0) is 0 Å². The molecule has 0 aromatic heterocycles. The lowest BCUT2D eigenvalue weighted by Crippen LogP contribution is -2.27. The van der Waals surface area contributed by atoms with Crippen LogP contribution >= 0.6 is 0 Å². The number of rotatable bonds is 5. The number of halogens is 1. The van der Waals surface area contributed by atoms with E-state index in [1.54, 1.807) is 12.1 Å². The van der Waals surface area contributed by atoms with E-state index in [1.807, 2.05) is 37.3 Å². The first kappa shape index (κ1) is 13.7. The second-order valence-corrected chi connectivity index (χ2v) is 4.59. The van der Waals surface area contributed by atoms with Gasteiger partial charge in [0.05, 0.1) is 12.6 Å². The van der Waals surface area contributed by atoms with Crippen molar-refractivity contribution in [2.75, 3.05) is 6.61 Å². The van der Waals surface area contributed by atoms with E-state index < -0.39 is 0 Å². The Morgan fingerprint density at radius 3 is 2.21 bits per heavy atom. The summed E-state index contributed by atoms with van der Waals surface area (Å²) in [6, 6.07) is 16.1. The molecule has 0 amide bonds. The van der Waals surface area contributed by atoms with E-state index in [-0.39, 0.29) is 24.5 Å². The van der Waals surface area contributed by atoms with Gasteiger partial charge in [0.1, 0.15) is 5.82 Å². The fraction of sp³-hybridized carbons (Fsp3) is 0.250.